The summed E-state index contributed by atoms with van der Waals surface area (Å²) in [6.07, 6.45) is 2.07. The third kappa shape index (κ3) is 3.61. The largest absolute Gasteiger partial charge is 0.341 e. The summed E-state index contributed by atoms with van der Waals surface area (Å²) in [7, 11) is 1.77. The molecule has 124 valence electrons. The first-order chi connectivity index (χ1) is 11.0. The molecule has 2 aliphatic rings. The smallest absolute Gasteiger partial charge is 0.320 e. The van der Waals surface area contributed by atoms with Crippen LogP contribution in [0.25, 0.3) is 0 Å². The molecule has 3 rings (SSSR count). The number of carbonyl (C=O) groups excluding carboxylic acids is 2. The van der Waals surface area contributed by atoms with Gasteiger partial charge >= 0.3 is 6.03 Å². The molecule has 0 saturated carbocycles. The van der Waals surface area contributed by atoms with Crippen LogP contribution in [-0.4, -0.2) is 66.4 Å². The van der Waals surface area contributed by atoms with E-state index in [0.29, 0.717) is 19.0 Å². The molecule has 1 aromatic carbocycles. The number of benzene rings is 1. The van der Waals surface area contributed by atoms with E-state index in [1.165, 1.54) is 5.56 Å². The summed E-state index contributed by atoms with van der Waals surface area (Å²) in [6.45, 7) is 3.02. The normalized spacial score (nSPS) is 21.9. The van der Waals surface area contributed by atoms with Gasteiger partial charge in [-0.15, -0.1) is 0 Å². The molecule has 0 aromatic heterocycles. The minimum atomic E-state index is -0.0513. The van der Waals surface area contributed by atoms with Crippen molar-refractivity contribution < 1.29 is 9.59 Å². The quantitative estimate of drug-likeness (QED) is 0.851. The van der Waals surface area contributed by atoms with Crippen molar-refractivity contribution in [2.75, 3.05) is 39.8 Å². The van der Waals surface area contributed by atoms with Crippen molar-refractivity contribution in [1.82, 2.24) is 14.7 Å². The van der Waals surface area contributed by atoms with E-state index in [1.807, 2.05) is 29.2 Å². The van der Waals surface area contributed by atoms with E-state index < -0.39 is 0 Å². The third-order valence-electron chi connectivity index (χ3n) is 4.74. The van der Waals surface area contributed by atoms with Gasteiger partial charge in [0.25, 0.3) is 0 Å². The zero-order chi connectivity index (χ0) is 16.4. The summed E-state index contributed by atoms with van der Waals surface area (Å²) < 4.78 is 0. The van der Waals surface area contributed by atoms with Crippen molar-refractivity contribution in [1.29, 1.82) is 0 Å². The maximum absolute atomic E-state index is 12.5. The third-order valence-corrected chi connectivity index (χ3v) is 5.00. The van der Waals surface area contributed by atoms with Crippen LogP contribution < -0.4 is 0 Å². The molecule has 0 spiro atoms. The van der Waals surface area contributed by atoms with Gasteiger partial charge in [0, 0.05) is 44.2 Å². The topological polar surface area (TPSA) is 43.9 Å². The van der Waals surface area contributed by atoms with Gasteiger partial charge in [0.1, 0.15) is 6.54 Å². The number of halogens is 1. The highest BCUT2D eigenvalue weighted by Crippen LogP contribution is 2.28. The zero-order valence-corrected chi connectivity index (χ0v) is 14.1. The van der Waals surface area contributed by atoms with Gasteiger partial charge in [-0.25, -0.2) is 4.79 Å². The first-order valence-corrected chi connectivity index (χ1v) is 8.45. The molecule has 1 unspecified atom stereocenters. The zero-order valence-electron chi connectivity index (χ0n) is 13.4. The average molecular weight is 336 g/mol. The van der Waals surface area contributed by atoms with Crippen LogP contribution in [0.3, 0.4) is 0 Å². The Labute approximate surface area is 141 Å². The SMILES string of the molecule is CN1CCN(CC(=O)N2CCCC(c3ccc(Cl)cc3)C2)C1=O. The van der Waals surface area contributed by atoms with E-state index in [9.17, 15) is 9.59 Å². The number of carbonyl (C=O) groups is 2. The van der Waals surface area contributed by atoms with E-state index >= 15 is 0 Å². The molecule has 2 aliphatic heterocycles. The molecule has 6 heteroatoms. The first-order valence-electron chi connectivity index (χ1n) is 8.08. The Morgan fingerprint density at radius 1 is 1.22 bits per heavy atom. The Hall–Kier alpha value is -1.75. The molecular weight excluding hydrogens is 314 g/mol. The molecule has 0 N–H and O–H groups in total. The molecule has 0 bridgehead atoms. The monoisotopic (exact) mass is 335 g/mol. The summed E-state index contributed by atoms with van der Waals surface area (Å²) in [4.78, 5) is 29.6. The van der Waals surface area contributed by atoms with Gasteiger partial charge in [0.05, 0.1) is 0 Å². The molecule has 2 heterocycles. The molecule has 2 fully saturated rings. The number of likely N-dealkylation sites (tertiary alicyclic amines) is 1. The van der Waals surface area contributed by atoms with Gasteiger partial charge in [0.15, 0.2) is 0 Å². The van der Waals surface area contributed by atoms with E-state index in [2.05, 4.69) is 0 Å². The number of hydrogen-bond donors (Lipinski definition) is 0. The summed E-state index contributed by atoms with van der Waals surface area (Å²) in [5.41, 5.74) is 1.23. The lowest BCUT2D eigenvalue weighted by molar-refractivity contribution is -0.132. The number of likely N-dealkylation sites (N-methyl/N-ethyl adjacent to an activating group) is 1. The number of amides is 3. The highest BCUT2D eigenvalue weighted by Gasteiger charge is 2.30. The van der Waals surface area contributed by atoms with Crippen LogP contribution in [0.5, 0.6) is 0 Å². The van der Waals surface area contributed by atoms with Crippen LogP contribution in [0.15, 0.2) is 24.3 Å². The first kappa shape index (κ1) is 16.1. The minimum absolute atomic E-state index is 0.0484. The molecular formula is C17H22ClN3O2. The summed E-state index contributed by atoms with van der Waals surface area (Å²) >= 11 is 5.94. The Bertz CT molecular complexity index is 590. The molecule has 23 heavy (non-hydrogen) atoms. The number of rotatable bonds is 3. The second-order valence-electron chi connectivity index (χ2n) is 6.36. The van der Waals surface area contributed by atoms with Crippen LogP contribution in [-0.2, 0) is 4.79 Å². The lowest BCUT2D eigenvalue weighted by Gasteiger charge is -2.34. The fraction of sp³-hybridized carbons (Fsp3) is 0.529. The van der Waals surface area contributed by atoms with E-state index in [-0.39, 0.29) is 18.5 Å². The standard InChI is InChI=1S/C17H22ClN3O2/c1-19-9-10-21(17(19)23)12-16(22)20-8-2-3-14(11-20)13-4-6-15(18)7-5-13/h4-7,14H,2-3,8-12H2,1H3. The minimum Gasteiger partial charge on any atom is -0.341 e. The second-order valence-corrected chi connectivity index (χ2v) is 6.79. The predicted molar refractivity (Wildman–Crippen MR) is 89.6 cm³/mol. The van der Waals surface area contributed by atoms with E-state index in [0.717, 1.165) is 31.0 Å². The maximum atomic E-state index is 12.5. The number of nitrogens with zero attached hydrogens (tertiary/aromatic N) is 3. The van der Waals surface area contributed by atoms with E-state index in [4.69, 9.17) is 11.6 Å². The van der Waals surface area contributed by atoms with Crippen molar-refractivity contribution in [2.45, 2.75) is 18.8 Å². The average Bonchev–Trinajstić information content (AvgIpc) is 2.88. The molecule has 0 radical (unpaired) electrons. The van der Waals surface area contributed by atoms with Crippen molar-refractivity contribution in [3.63, 3.8) is 0 Å². The summed E-state index contributed by atoms with van der Waals surface area (Å²) in [6, 6.07) is 7.83. The van der Waals surface area contributed by atoms with Crippen LogP contribution in [0.2, 0.25) is 5.02 Å². The molecule has 0 aliphatic carbocycles. The van der Waals surface area contributed by atoms with Crippen LogP contribution in [0, 0.1) is 0 Å². The fourth-order valence-corrected chi connectivity index (χ4v) is 3.45. The highest BCUT2D eigenvalue weighted by atomic mass is 35.5. The number of piperidine rings is 1. The van der Waals surface area contributed by atoms with Crippen molar-refractivity contribution >= 4 is 23.5 Å². The Balaban J connectivity index is 1.60. The van der Waals surface area contributed by atoms with E-state index in [1.54, 1.807) is 16.8 Å². The molecule has 1 atom stereocenters. The van der Waals surface area contributed by atoms with Gasteiger partial charge < -0.3 is 14.7 Å². The van der Waals surface area contributed by atoms with Crippen LogP contribution in [0.4, 0.5) is 4.79 Å². The molecule has 1 aromatic rings. The van der Waals surface area contributed by atoms with Gasteiger partial charge in [-0.3, -0.25) is 4.79 Å². The number of urea groups is 1. The van der Waals surface area contributed by atoms with Crippen molar-refractivity contribution in [2.24, 2.45) is 0 Å². The summed E-state index contributed by atoms with van der Waals surface area (Å²) in [5, 5.41) is 0.731. The highest BCUT2D eigenvalue weighted by molar-refractivity contribution is 6.30. The lowest BCUT2D eigenvalue weighted by Crippen LogP contribution is -2.45. The molecule has 2 saturated heterocycles. The van der Waals surface area contributed by atoms with Crippen LogP contribution in [0.1, 0.15) is 24.3 Å². The van der Waals surface area contributed by atoms with Gasteiger partial charge in [-0.05, 0) is 30.5 Å². The van der Waals surface area contributed by atoms with Gasteiger partial charge in [0.2, 0.25) is 5.91 Å². The van der Waals surface area contributed by atoms with Gasteiger partial charge in [-0.2, -0.15) is 0 Å². The Morgan fingerprint density at radius 2 is 1.96 bits per heavy atom. The van der Waals surface area contributed by atoms with Crippen molar-refractivity contribution in [3.8, 4) is 0 Å². The lowest BCUT2D eigenvalue weighted by atomic mass is 9.90. The second kappa shape index (κ2) is 6.79. The molecule has 3 amide bonds. The van der Waals surface area contributed by atoms with Crippen molar-refractivity contribution in [3.05, 3.63) is 34.9 Å². The van der Waals surface area contributed by atoms with Crippen LogP contribution >= 0.6 is 11.6 Å². The Kier molecular flexibility index (Phi) is 4.76. The summed E-state index contributed by atoms with van der Waals surface area (Å²) in [5.74, 6) is 0.397. The molecule has 5 nitrogen and oxygen atoms in total. The fourth-order valence-electron chi connectivity index (χ4n) is 3.32. The number of hydrogen-bond acceptors (Lipinski definition) is 2. The maximum Gasteiger partial charge on any atom is 0.320 e. The Morgan fingerprint density at radius 3 is 2.61 bits per heavy atom. The van der Waals surface area contributed by atoms with Gasteiger partial charge in [-0.1, -0.05) is 23.7 Å². The predicted octanol–water partition coefficient (Wildman–Crippen LogP) is 2.41.